The van der Waals surface area contributed by atoms with Gasteiger partial charge < -0.3 is 20.5 Å². The van der Waals surface area contributed by atoms with Crippen LogP contribution < -0.4 is 10.6 Å². The first-order valence-electron chi connectivity index (χ1n) is 6.73. The molecule has 0 aliphatic carbocycles. The molecule has 0 atom stereocenters. The van der Waals surface area contributed by atoms with Gasteiger partial charge in [0.05, 0.1) is 0 Å². The van der Waals surface area contributed by atoms with E-state index in [1.54, 1.807) is 17.0 Å². The number of hydrogen-bond donors (Lipinski definition) is 3. The number of nitrogens with zero attached hydrogens (tertiary/aromatic N) is 1. The van der Waals surface area contributed by atoms with Crippen LogP contribution in [0.1, 0.15) is 10.5 Å². The molecule has 0 unspecified atom stereocenters. The molecule has 1 saturated heterocycles. The van der Waals surface area contributed by atoms with Gasteiger partial charge in [0.1, 0.15) is 11.5 Å². The number of fused-ring (bicyclic) bond motifs is 1. The van der Waals surface area contributed by atoms with E-state index in [0.29, 0.717) is 42.8 Å². The summed E-state index contributed by atoms with van der Waals surface area (Å²) in [4.78, 5) is 27.9. The van der Waals surface area contributed by atoms with Crippen LogP contribution in [0, 0.1) is 5.82 Å². The number of H-pyrrole nitrogens is 1. The molecule has 1 aliphatic heterocycles. The third-order valence-electron chi connectivity index (χ3n) is 3.44. The molecule has 0 radical (unpaired) electrons. The van der Waals surface area contributed by atoms with E-state index >= 15 is 0 Å². The second-order valence-electron chi connectivity index (χ2n) is 4.89. The van der Waals surface area contributed by atoms with E-state index in [0.717, 1.165) is 0 Å². The van der Waals surface area contributed by atoms with Crippen molar-refractivity contribution in [3.63, 3.8) is 0 Å². The Labute approximate surface area is 120 Å². The summed E-state index contributed by atoms with van der Waals surface area (Å²) in [5.74, 6) is -0.611. The molecule has 0 saturated carbocycles. The van der Waals surface area contributed by atoms with Gasteiger partial charge in [-0.2, -0.15) is 0 Å². The molecule has 1 aromatic heterocycles. The Balaban J connectivity index is 1.60. The van der Waals surface area contributed by atoms with Gasteiger partial charge in [0.25, 0.3) is 5.91 Å². The fourth-order valence-corrected chi connectivity index (χ4v) is 2.35. The molecule has 3 N–H and O–H groups in total. The molecule has 110 valence electrons. The van der Waals surface area contributed by atoms with Crippen molar-refractivity contribution in [2.24, 2.45) is 0 Å². The third-order valence-corrected chi connectivity index (χ3v) is 3.44. The Morgan fingerprint density at radius 1 is 1.38 bits per heavy atom. The lowest BCUT2D eigenvalue weighted by atomic mass is 10.2. The second kappa shape index (κ2) is 5.43. The standard InChI is InChI=1S/C14H15FN4O2/c15-10-1-2-11-9(7-10)8-12(18-11)13(20)16-3-5-19-6-4-17-14(19)21/h1-2,7-8,18H,3-6H2,(H,16,20)(H,17,21). The number of amides is 3. The van der Waals surface area contributed by atoms with Crippen molar-refractivity contribution in [3.8, 4) is 0 Å². The van der Waals surface area contributed by atoms with Crippen LogP contribution in [0.25, 0.3) is 10.9 Å². The minimum absolute atomic E-state index is 0.106. The normalized spacial score (nSPS) is 14.5. The van der Waals surface area contributed by atoms with Crippen molar-refractivity contribution >= 4 is 22.8 Å². The van der Waals surface area contributed by atoms with E-state index in [4.69, 9.17) is 0 Å². The van der Waals surface area contributed by atoms with Crippen LogP contribution >= 0.6 is 0 Å². The molecule has 21 heavy (non-hydrogen) atoms. The number of aromatic amines is 1. The lowest BCUT2D eigenvalue weighted by Crippen LogP contribution is -2.36. The van der Waals surface area contributed by atoms with E-state index < -0.39 is 0 Å². The van der Waals surface area contributed by atoms with Gasteiger partial charge in [0.2, 0.25) is 0 Å². The Morgan fingerprint density at radius 3 is 3.00 bits per heavy atom. The van der Waals surface area contributed by atoms with Crippen LogP contribution in [0.15, 0.2) is 24.3 Å². The number of aromatic nitrogens is 1. The molecule has 7 heteroatoms. The molecule has 3 amide bonds. The average molecular weight is 290 g/mol. The summed E-state index contributed by atoms with van der Waals surface area (Å²) in [6.45, 7) is 2.13. The summed E-state index contributed by atoms with van der Waals surface area (Å²) >= 11 is 0. The Kier molecular flexibility index (Phi) is 3.47. The van der Waals surface area contributed by atoms with Crippen LogP contribution in [0.3, 0.4) is 0 Å². The van der Waals surface area contributed by atoms with Gasteiger partial charge in [-0.1, -0.05) is 0 Å². The minimum atomic E-state index is -0.339. The number of rotatable bonds is 4. The Morgan fingerprint density at radius 2 is 2.24 bits per heavy atom. The number of hydrogen-bond acceptors (Lipinski definition) is 2. The Bertz CT molecular complexity index is 697. The molecule has 0 spiro atoms. The third kappa shape index (κ3) is 2.81. The van der Waals surface area contributed by atoms with Crippen molar-refractivity contribution < 1.29 is 14.0 Å². The van der Waals surface area contributed by atoms with Crippen LogP contribution in [0.5, 0.6) is 0 Å². The van der Waals surface area contributed by atoms with Crippen LogP contribution in [-0.2, 0) is 0 Å². The maximum absolute atomic E-state index is 13.1. The molecule has 1 aromatic carbocycles. The van der Waals surface area contributed by atoms with Crippen molar-refractivity contribution in [3.05, 3.63) is 35.8 Å². The molecule has 1 fully saturated rings. The first-order valence-corrected chi connectivity index (χ1v) is 6.73. The fourth-order valence-electron chi connectivity index (χ4n) is 2.35. The zero-order valence-corrected chi connectivity index (χ0v) is 11.3. The van der Waals surface area contributed by atoms with Crippen molar-refractivity contribution in [2.45, 2.75) is 0 Å². The number of nitrogens with one attached hydrogen (secondary N) is 3. The smallest absolute Gasteiger partial charge is 0.317 e. The van der Waals surface area contributed by atoms with Crippen molar-refractivity contribution in [1.82, 2.24) is 20.5 Å². The molecule has 1 aliphatic rings. The maximum atomic E-state index is 13.1. The monoisotopic (exact) mass is 290 g/mol. The summed E-state index contributed by atoms with van der Waals surface area (Å²) < 4.78 is 13.1. The fraction of sp³-hybridized carbons (Fsp3) is 0.286. The highest BCUT2D eigenvalue weighted by Gasteiger charge is 2.19. The molecule has 0 bridgehead atoms. The van der Waals surface area contributed by atoms with Crippen LogP contribution in [0.4, 0.5) is 9.18 Å². The second-order valence-corrected chi connectivity index (χ2v) is 4.89. The number of carbonyl (C=O) groups is 2. The van der Waals surface area contributed by atoms with Gasteiger partial charge in [-0.05, 0) is 24.3 Å². The summed E-state index contributed by atoms with van der Waals surface area (Å²) in [5, 5.41) is 6.08. The number of benzene rings is 1. The van der Waals surface area contributed by atoms with Gasteiger partial charge in [-0.3, -0.25) is 4.79 Å². The SMILES string of the molecule is O=C(NCCN1CCNC1=O)c1cc2cc(F)ccc2[nH]1. The predicted octanol–water partition coefficient (Wildman–Crippen LogP) is 1.06. The highest BCUT2D eigenvalue weighted by atomic mass is 19.1. The van der Waals surface area contributed by atoms with E-state index in [-0.39, 0.29) is 17.8 Å². The van der Waals surface area contributed by atoms with E-state index in [1.165, 1.54) is 12.1 Å². The van der Waals surface area contributed by atoms with Crippen LogP contribution in [0.2, 0.25) is 0 Å². The van der Waals surface area contributed by atoms with Crippen molar-refractivity contribution in [1.29, 1.82) is 0 Å². The van der Waals surface area contributed by atoms with Gasteiger partial charge in [-0.15, -0.1) is 0 Å². The van der Waals surface area contributed by atoms with Gasteiger partial charge in [0.15, 0.2) is 0 Å². The molecular weight excluding hydrogens is 275 g/mol. The molecule has 2 aromatic rings. The topological polar surface area (TPSA) is 77.2 Å². The summed E-state index contributed by atoms with van der Waals surface area (Å²) in [6.07, 6.45) is 0. The first-order chi connectivity index (χ1) is 10.1. The molecule has 2 heterocycles. The number of urea groups is 1. The first kappa shape index (κ1) is 13.4. The number of carbonyl (C=O) groups excluding carboxylic acids is 2. The lowest BCUT2D eigenvalue weighted by molar-refractivity contribution is 0.0946. The highest BCUT2D eigenvalue weighted by molar-refractivity contribution is 5.98. The van der Waals surface area contributed by atoms with Gasteiger partial charge >= 0.3 is 6.03 Å². The predicted molar refractivity (Wildman–Crippen MR) is 75.6 cm³/mol. The lowest BCUT2D eigenvalue weighted by Gasteiger charge is -2.13. The summed E-state index contributed by atoms with van der Waals surface area (Å²) in [7, 11) is 0. The van der Waals surface area contributed by atoms with Crippen molar-refractivity contribution in [2.75, 3.05) is 26.2 Å². The van der Waals surface area contributed by atoms with Gasteiger partial charge in [0, 0.05) is 37.1 Å². The highest BCUT2D eigenvalue weighted by Crippen LogP contribution is 2.16. The van der Waals surface area contributed by atoms with E-state index in [2.05, 4.69) is 15.6 Å². The van der Waals surface area contributed by atoms with Crippen LogP contribution in [-0.4, -0.2) is 48.0 Å². The molecular formula is C14H15FN4O2. The minimum Gasteiger partial charge on any atom is -0.351 e. The Hall–Kier alpha value is -2.57. The van der Waals surface area contributed by atoms with E-state index in [1.807, 2.05) is 0 Å². The molecule has 6 nitrogen and oxygen atoms in total. The quantitative estimate of drug-likeness (QED) is 0.787. The zero-order valence-electron chi connectivity index (χ0n) is 11.3. The average Bonchev–Trinajstić information content (AvgIpc) is 3.05. The van der Waals surface area contributed by atoms with Gasteiger partial charge in [-0.25, -0.2) is 9.18 Å². The number of halogens is 1. The molecule has 3 rings (SSSR count). The summed E-state index contributed by atoms with van der Waals surface area (Å²) in [5.41, 5.74) is 1.09. The largest absolute Gasteiger partial charge is 0.351 e. The maximum Gasteiger partial charge on any atom is 0.317 e. The zero-order chi connectivity index (χ0) is 14.8. The summed E-state index contributed by atoms with van der Waals surface area (Å²) in [6, 6.07) is 5.81. The van der Waals surface area contributed by atoms with E-state index in [9.17, 15) is 14.0 Å².